The standard InChI is InChI=1S/C19H19FN4O/c1-24(19(25)17-10-12-4-2-3-5-14(12)21-17)9-8-18-22-15-7-6-13(20)11-16(15)23-18/h2-7,11,17,21H,8-10H2,1H3,(H,22,23)/t17-/m0/s1. The molecule has 3 aromatic rings. The summed E-state index contributed by atoms with van der Waals surface area (Å²) in [6.45, 7) is 0.551. The highest BCUT2D eigenvalue weighted by Crippen LogP contribution is 2.25. The van der Waals surface area contributed by atoms with Crippen LogP contribution in [0.1, 0.15) is 11.4 Å². The van der Waals surface area contributed by atoms with Gasteiger partial charge in [0, 0.05) is 32.1 Å². The molecule has 1 amide bonds. The number of aromatic nitrogens is 2. The summed E-state index contributed by atoms with van der Waals surface area (Å²) < 4.78 is 13.2. The molecule has 2 N–H and O–H groups in total. The van der Waals surface area contributed by atoms with Crippen molar-refractivity contribution in [3.63, 3.8) is 0 Å². The van der Waals surface area contributed by atoms with Gasteiger partial charge in [0.05, 0.1) is 11.0 Å². The van der Waals surface area contributed by atoms with Gasteiger partial charge < -0.3 is 15.2 Å². The van der Waals surface area contributed by atoms with E-state index in [0.29, 0.717) is 24.9 Å². The van der Waals surface area contributed by atoms with Crippen LogP contribution >= 0.6 is 0 Å². The number of amides is 1. The fourth-order valence-electron chi connectivity index (χ4n) is 3.25. The van der Waals surface area contributed by atoms with Crippen molar-refractivity contribution in [3.05, 3.63) is 59.7 Å². The highest BCUT2D eigenvalue weighted by molar-refractivity contribution is 5.87. The third-order valence-corrected chi connectivity index (χ3v) is 4.62. The van der Waals surface area contributed by atoms with Gasteiger partial charge in [-0.2, -0.15) is 0 Å². The fourth-order valence-corrected chi connectivity index (χ4v) is 3.25. The summed E-state index contributed by atoms with van der Waals surface area (Å²) in [5.41, 5.74) is 3.62. The Morgan fingerprint density at radius 1 is 1.32 bits per heavy atom. The van der Waals surface area contributed by atoms with Crippen molar-refractivity contribution in [2.45, 2.75) is 18.9 Å². The van der Waals surface area contributed by atoms with Gasteiger partial charge >= 0.3 is 0 Å². The topological polar surface area (TPSA) is 61.0 Å². The Kier molecular flexibility index (Phi) is 3.87. The minimum Gasteiger partial charge on any atom is -0.373 e. The van der Waals surface area contributed by atoms with Crippen LogP contribution in [-0.2, 0) is 17.6 Å². The van der Waals surface area contributed by atoms with E-state index in [1.807, 2.05) is 24.3 Å². The Morgan fingerprint density at radius 3 is 3.00 bits per heavy atom. The average molecular weight is 338 g/mol. The van der Waals surface area contributed by atoms with E-state index in [1.165, 1.54) is 17.7 Å². The zero-order valence-electron chi connectivity index (χ0n) is 13.9. The van der Waals surface area contributed by atoms with E-state index in [1.54, 1.807) is 18.0 Å². The third kappa shape index (κ3) is 3.07. The van der Waals surface area contributed by atoms with Crippen LogP contribution in [0.3, 0.4) is 0 Å². The maximum absolute atomic E-state index is 13.2. The Hall–Kier alpha value is -2.89. The van der Waals surface area contributed by atoms with Crippen LogP contribution in [0.5, 0.6) is 0 Å². The Balaban J connectivity index is 1.38. The van der Waals surface area contributed by atoms with Crippen LogP contribution in [0, 0.1) is 5.82 Å². The van der Waals surface area contributed by atoms with Gasteiger partial charge in [0.1, 0.15) is 17.7 Å². The molecule has 0 saturated carbocycles. The minimum atomic E-state index is -0.290. The quantitative estimate of drug-likeness (QED) is 0.769. The molecule has 1 aromatic heterocycles. The first-order valence-electron chi connectivity index (χ1n) is 8.34. The van der Waals surface area contributed by atoms with E-state index in [9.17, 15) is 9.18 Å². The molecule has 0 bridgehead atoms. The monoisotopic (exact) mass is 338 g/mol. The molecule has 6 heteroatoms. The van der Waals surface area contributed by atoms with Gasteiger partial charge in [-0.25, -0.2) is 9.37 Å². The van der Waals surface area contributed by atoms with Crippen LogP contribution in [0.2, 0.25) is 0 Å². The van der Waals surface area contributed by atoms with Crippen molar-refractivity contribution in [3.8, 4) is 0 Å². The number of imidazole rings is 1. The molecular formula is C19H19FN4O. The number of nitrogens with one attached hydrogen (secondary N) is 2. The number of likely N-dealkylation sites (N-methyl/N-ethyl adjacent to an activating group) is 1. The molecule has 0 spiro atoms. The predicted octanol–water partition coefficient (Wildman–Crippen LogP) is 2.74. The highest BCUT2D eigenvalue weighted by atomic mass is 19.1. The van der Waals surface area contributed by atoms with Crippen molar-refractivity contribution in [2.24, 2.45) is 0 Å². The lowest BCUT2D eigenvalue weighted by atomic mass is 10.1. The molecule has 1 aliphatic rings. The van der Waals surface area contributed by atoms with E-state index >= 15 is 0 Å². The van der Waals surface area contributed by atoms with Gasteiger partial charge in [0.15, 0.2) is 0 Å². The molecule has 0 radical (unpaired) electrons. The maximum atomic E-state index is 13.2. The summed E-state index contributed by atoms with van der Waals surface area (Å²) in [6, 6.07) is 12.3. The molecule has 5 nitrogen and oxygen atoms in total. The van der Waals surface area contributed by atoms with E-state index in [0.717, 1.165) is 17.0 Å². The zero-order chi connectivity index (χ0) is 17.4. The number of carbonyl (C=O) groups is 1. The van der Waals surface area contributed by atoms with Crippen molar-refractivity contribution in [1.82, 2.24) is 14.9 Å². The molecule has 0 saturated heterocycles. The molecule has 4 rings (SSSR count). The first kappa shape index (κ1) is 15.6. The van der Waals surface area contributed by atoms with E-state index in [4.69, 9.17) is 0 Å². The number of aromatic amines is 1. The van der Waals surface area contributed by atoms with Gasteiger partial charge in [-0.05, 0) is 29.8 Å². The summed E-state index contributed by atoms with van der Waals surface area (Å²) in [5, 5.41) is 3.28. The second-order valence-corrected chi connectivity index (χ2v) is 6.41. The van der Waals surface area contributed by atoms with Crippen molar-refractivity contribution in [2.75, 3.05) is 18.9 Å². The van der Waals surface area contributed by atoms with Crippen LogP contribution < -0.4 is 5.32 Å². The number of carbonyl (C=O) groups excluding carboxylic acids is 1. The number of hydrogen-bond donors (Lipinski definition) is 2. The molecule has 0 aliphatic carbocycles. The Bertz CT molecular complexity index is 911. The van der Waals surface area contributed by atoms with Crippen molar-refractivity contribution in [1.29, 1.82) is 0 Å². The van der Waals surface area contributed by atoms with Crippen LogP contribution in [0.4, 0.5) is 10.1 Å². The Labute approximate surface area is 144 Å². The lowest BCUT2D eigenvalue weighted by Gasteiger charge is -2.21. The molecule has 1 atom stereocenters. The number of H-pyrrole nitrogens is 1. The fraction of sp³-hybridized carbons (Fsp3) is 0.263. The molecule has 2 heterocycles. The summed E-state index contributed by atoms with van der Waals surface area (Å²) >= 11 is 0. The molecule has 0 unspecified atom stereocenters. The third-order valence-electron chi connectivity index (χ3n) is 4.62. The summed E-state index contributed by atoms with van der Waals surface area (Å²) in [6.07, 6.45) is 1.31. The molecular weight excluding hydrogens is 319 g/mol. The zero-order valence-corrected chi connectivity index (χ0v) is 13.9. The molecule has 1 aliphatic heterocycles. The smallest absolute Gasteiger partial charge is 0.245 e. The predicted molar refractivity (Wildman–Crippen MR) is 94.9 cm³/mol. The van der Waals surface area contributed by atoms with E-state index in [-0.39, 0.29) is 17.8 Å². The van der Waals surface area contributed by atoms with Gasteiger partial charge in [-0.1, -0.05) is 18.2 Å². The molecule has 25 heavy (non-hydrogen) atoms. The van der Waals surface area contributed by atoms with Gasteiger partial charge in [-0.15, -0.1) is 0 Å². The second-order valence-electron chi connectivity index (χ2n) is 6.41. The van der Waals surface area contributed by atoms with E-state index < -0.39 is 0 Å². The number of benzene rings is 2. The molecule has 0 fully saturated rings. The SMILES string of the molecule is CN(CCc1nc2ccc(F)cc2[nH]1)C(=O)[C@@H]1Cc2ccccc2N1. The van der Waals surface area contributed by atoms with Crippen LogP contribution in [-0.4, -0.2) is 40.4 Å². The minimum absolute atomic E-state index is 0.0679. The average Bonchev–Trinajstić information content (AvgIpc) is 3.21. The summed E-state index contributed by atoms with van der Waals surface area (Å²) in [5.74, 6) is 0.531. The van der Waals surface area contributed by atoms with Crippen molar-refractivity contribution < 1.29 is 9.18 Å². The number of rotatable bonds is 4. The van der Waals surface area contributed by atoms with E-state index in [2.05, 4.69) is 15.3 Å². The number of para-hydroxylation sites is 1. The normalized spacial score (nSPS) is 15.8. The van der Waals surface area contributed by atoms with Gasteiger partial charge in [0.25, 0.3) is 0 Å². The number of halogens is 1. The number of nitrogens with zero attached hydrogens (tertiary/aromatic N) is 2. The summed E-state index contributed by atoms with van der Waals surface area (Å²) in [4.78, 5) is 21.9. The van der Waals surface area contributed by atoms with Gasteiger partial charge in [0.2, 0.25) is 5.91 Å². The van der Waals surface area contributed by atoms with Gasteiger partial charge in [-0.3, -0.25) is 4.79 Å². The lowest BCUT2D eigenvalue weighted by molar-refractivity contribution is -0.130. The first-order valence-corrected chi connectivity index (χ1v) is 8.34. The van der Waals surface area contributed by atoms with Crippen LogP contribution in [0.15, 0.2) is 42.5 Å². The highest BCUT2D eigenvalue weighted by Gasteiger charge is 2.28. The molecule has 128 valence electrons. The van der Waals surface area contributed by atoms with Crippen LogP contribution in [0.25, 0.3) is 11.0 Å². The molecule has 2 aromatic carbocycles. The second kappa shape index (κ2) is 6.20. The number of hydrogen-bond acceptors (Lipinski definition) is 3. The maximum Gasteiger partial charge on any atom is 0.245 e. The lowest BCUT2D eigenvalue weighted by Crippen LogP contribution is -2.40. The number of fused-ring (bicyclic) bond motifs is 2. The van der Waals surface area contributed by atoms with Crippen molar-refractivity contribution >= 4 is 22.6 Å². The summed E-state index contributed by atoms with van der Waals surface area (Å²) in [7, 11) is 1.80. The number of anilines is 1. The Morgan fingerprint density at radius 2 is 2.16 bits per heavy atom. The first-order chi connectivity index (χ1) is 12.1. The largest absolute Gasteiger partial charge is 0.373 e.